The molecule has 0 aliphatic heterocycles. The number of thiophene rings is 1. The third kappa shape index (κ3) is 3.63. The molecular formula is C16H16ClN3O2S2. The van der Waals surface area contributed by atoms with Crippen molar-refractivity contribution in [2.24, 2.45) is 0 Å². The molecule has 0 aliphatic carbocycles. The Kier molecular flexibility index (Phi) is 4.93. The summed E-state index contributed by atoms with van der Waals surface area (Å²) in [7, 11) is -3.68. The number of halogens is 1. The van der Waals surface area contributed by atoms with Crippen LogP contribution in [0.2, 0.25) is 5.02 Å². The van der Waals surface area contributed by atoms with Gasteiger partial charge in [-0.1, -0.05) is 17.7 Å². The average Bonchev–Trinajstić information content (AvgIpc) is 3.19. The molecule has 126 valence electrons. The molecule has 0 spiro atoms. The number of aryl methyl sites for hydroxylation is 2. The maximum atomic E-state index is 12.7. The number of nitrogens with one attached hydrogen (secondary N) is 1. The van der Waals surface area contributed by atoms with Gasteiger partial charge in [0.05, 0.1) is 16.9 Å². The third-order valence-electron chi connectivity index (χ3n) is 3.65. The molecule has 3 aromatic rings. The topological polar surface area (TPSA) is 64.0 Å². The van der Waals surface area contributed by atoms with Gasteiger partial charge in [0, 0.05) is 35.3 Å². The lowest BCUT2D eigenvalue weighted by atomic mass is 10.2. The predicted octanol–water partition coefficient (Wildman–Crippen LogP) is 3.95. The molecule has 0 aliphatic rings. The van der Waals surface area contributed by atoms with Crippen LogP contribution in [0, 0.1) is 6.92 Å². The summed E-state index contributed by atoms with van der Waals surface area (Å²) in [5.41, 5.74) is 1.15. The van der Waals surface area contributed by atoms with Gasteiger partial charge in [-0.15, -0.1) is 11.3 Å². The molecule has 0 unspecified atom stereocenters. The van der Waals surface area contributed by atoms with E-state index in [9.17, 15) is 8.42 Å². The first-order chi connectivity index (χ1) is 11.5. The first-order valence-electron chi connectivity index (χ1n) is 7.27. The molecule has 8 heteroatoms. The number of sulfonamides is 1. The van der Waals surface area contributed by atoms with Gasteiger partial charge >= 0.3 is 0 Å². The van der Waals surface area contributed by atoms with Crippen molar-refractivity contribution in [2.75, 3.05) is 4.72 Å². The van der Waals surface area contributed by atoms with E-state index in [4.69, 9.17) is 11.6 Å². The minimum Gasteiger partial charge on any atom is -0.337 e. The summed E-state index contributed by atoms with van der Waals surface area (Å²) in [5, 5.41) is 2.31. The lowest BCUT2D eigenvalue weighted by Crippen LogP contribution is -2.15. The number of hydrogen-bond acceptors (Lipinski definition) is 4. The van der Waals surface area contributed by atoms with Crippen LogP contribution in [0.3, 0.4) is 0 Å². The van der Waals surface area contributed by atoms with Crippen LogP contribution >= 0.6 is 22.9 Å². The van der Waals surface area contributed by atoms with Crippen LogP contribution in [-0.2, 0) is 23.0 Å². The van der Waals surface area contributed by atoms with Crippen LogP contribution in [0.5, 0.6) is 0 Å². The Hall–Kier alpha value is -1.83. The normalized spacial score (nSPS) is 11.6. The summed E-state index contributed by atoms with van der Waals surface area (Å²) in [6, 6.07) is 6.65. The highest BCUT2D eigenvalue weighted by atomic mass is 35.5. The zero-order valence-corrected chi connectivity index (χ0v) is 15.3. The number of benzene rings is 1. The van der Waals surface area contributed by atoms with Gasteiger partial charge in [-0.3, -0.25) is 4.72 Å². The number of imidazole rings is 1. The van der Waals surface area contributed by atoms with Crippen LogP contribution in [0.15, 0.2) is 53.3 Å². The van der Waals surface area contributed by atoms with Crippen molar-refractivity contribution >= 4 is 38.6 Å². The highest BCUT2D eigenvalue weighted by molar-refractivity contribution is 7.92. The summed E-state index contributed by atoms with van der Waals surface area (Å²) in [6.45, 7) is 2.44. The molecule has 1 aromatic carbocycles. The fraction of sp³-hybridized carbons (Fsp3) is 0.188. The monoisotopic (exact) mass is 381 g/mol. The molecule has 0 bridgehead atoms. The molecule has 0 saturated heterocycles. The summed E-state index contributed by atoms with van der Waals surface area (Å²) in [4.78, 5) is 5.18. The van der Waals surface area contributed by atoms with Gasteiger partial charge in [-0.25, -0.2) is 13.4 Å². The van der Waals surface area contributed by atoms with Crippen molar-refractivity contribution in [2.45, 2.75) is 24.8 Å². The summed E-state index contributed by atoms with van der Waals surface area (Å²) in [5.74, 6) is 0. The predicted molar refractivity (Wildman–Crippen MR) is 97.2 cm³/mol. The zero-order chi connectivity index (χ0) is 17.2. The van der Waals surface area contributed by atoms with Crippen molar-refractivity contribution in [1.82, 2.24) is 9.55 Å². The highest BCUT2D eigenvalue weighted by Crippen LogP contribution is 2.28. The van der Waals surface area contributed by atoms with Gasteiger partial charge in [-0.2, -0.15) is 0 Å². The second-order valence-corrected chi connectivity index (χ2v) is 8.34. The van der Waals surface area contributed by atoms with Crippen molar-refractivity contribution in [3.05, 3.63) is 63.8 Å². The molecule has 3 rings (SSSR count). The fourth-order valence-corrected chi connectivity index (χ4v) is 4.83. The van der Waals surface area contributed by atoms with Crippen LogP contribution < -0.4 is 4.72 Å². The van der Waals surface area contributed by atoms with Gasteiger partial charge < -0.3 is 4.57 Å². The van der Waals surface area contributed by atoms with E-state index in [1.54, 1.807) is 43.7 Å². The smallest absolute Gasteiger partial charge is 0.262 e. The summed E-state index contributed by atoms with van der Waals surface area (Å²) < 4.78 is 30.0. The first kappa shape index (κ1) is 17.0. The Bertz CT molecular complexity index is 934. The Morgan fingerprint density at radius 3 is 2.92 bits per heavy atom. The molecule has 1 N–H and O–H groups in total. The van der Waals surface area contributed by atoms with E-state index in [2.05, 4.69) is 9.71 Å². The molecule has 5 nitrogen and oxygen atoms in total. The van der Waals surface area contributed by atoms with Gasteiger partial charge in [0.15, 0.2) is 0 Å². The summed E-state index contributed by atoms with van der Waals surface area (Å²) in [6.07, 6.45) is 6.07. The maximum Gasteiger partial charge on any atom is 0.262 e. The van der Waals surface area contributed by atoms with E-state index in [1.165, 1.54) is 11.3 Å². The average molecular weight is 382 g/mol. The zero-order valence-electron chi connectivity index (χ0n) is 12.9. The molecule has 0 amide bonds. The van der Waals surface area contributed by atoms with E-state index in [1.807, 2.05) is 16.1 Å². The summed E-state index contributed by atoms with van der Waals surface area (Å²) >= 11 is 7.57. The lowest BCUT2D eigenvalue weighted by molar-refractivity contribution is 0.600. The Balaban J connectivity index is 1.81. The SMILES string of the molecule is Cc1c(Cl)cccc1S(=O)(=O)Nc1ccsc1CCn1ccnc1. The van der Waals surface area contributed by atoms with E-state index < -0.39 is 10.0 Å². The van der Waals surface area contributed by atoms with Gasteiger partial charge in [0.25, 0.3) is 10.0 Å². The number of nitrogens with zero attached hydrogens (tertiary/aromatic N) is 2. The Morgan fingerprint density at radius 1 is 1.33 bits per heavy atom. The largest absolute Gasteiger partial charge is 0.337 e. The van der Waals surface area contributed by atoms with Gasteiger partial charge in [0.2, 0.25) is 0 Å². The molecule has 0 atom stereocenters. The van der Waals surface area contributed by atoms with Crippen molar-refractivity contribution < 1.29 is 8.42 Å². The quantitative estimate of drug-likeness (QED) is 0.703. The molecule has 24 heavy (non-hydrogen) atoms. The van der Waals surface area contributed by atoms with Crippen molar-refractivity contribution in [3.63, 3.8) is 0 Å². The van der Waals surface area contributed by atoms with Crippen LogP contribution in [0.1, 0.15) is 10.4 Å². The fourth-order valence-electron chi connectivity index (χ4n) is 2.35. The number of anilines is 1. The van der Waals surface area contributed by atoms with Gasteiger partial charge in [-0.05, 0) is 36.1 Å². The van der Waals surface area contributed by atoms with Crippen LogP contribution in [-0.4, -0.2) is 18.0 Å². The Labute approximate surface area is 150 Å². The van der Waals surface area contributed by atoms with E-state index in [0.717, 1.165) is 17.8 Å². The molecule has 0 fully saturated rings. The van der Waals surface area contributed by atoms with Crippen LogP contribution in [0.4, 0.5) is 5.69 Å². The van der Waals surface area contributed by atoms with E-state index in [0.29, 0.717) is 16.3 Å². The van der Waals surface area contributed by atoms with Crippen molar-refractivity contribution in [3.8, 4) is 0 Å². The third-order valence-corrected chi connectivity index (χ3v) is 6.55. The standard InChI is InChI=1S/C16H16ClN3O2S2/c1-12-13(17)3-2-4-16(12)24(21,22)19-14-6-10-23-15(14)5-8-20-9-7-18-11-20/h2-4,6-7,9-11,19H,5,8H2,1H3. The van der Waals surface area contributed by atoms with E-state index in [-0.39, 0.29) is 4.90 Å². The highest BCUT2D eigenvalue weighted by Gasteiger charge is 2.20. The second kappa shape index (κ2) is 6.96. The number of hydrogen-bond donors (Lipinski definition) is 1. The molecule has 2 heterocycles. The van der Waals surface area contributed by atoms with E-state index >= 15 is 0 Å². The number of rotatable bonds is 6. The molecule has 0 saturated carbocycles. The van der Waals surface area contributed by atoms with Crippen molar-refractivity contribution in [1.29, 1.82) is 0 Å². The molecule has 2 aromatic heterocycles. The minimum absolute atomic E-state index is 0.196. The Morgan fingerprint density at radius 2 is 2.17 bits per heavy atom. The van der Waals surface area contributed by atoms with Crippen LogP contribution in [0.25, 0.3) is 0 Å². The first-order valence-corrected chi connectivity index (χ1v) is 10.0. The maximum absolute atomic E-state index is 12.7. The molecular weight excluding hydrogens is 366 g/mol. The lowest BCUT2D eigenvalue weighted by Gasteiger charge is -2.12. The second-order valence-electron chi connectivity index (χ2n) is 5.28. The number of aromatic nitrogens is 2. The van der Waals surface area contributed by atoms with Gasteiger partial charge in [0.1, 0.15) is 0 Å². The molecule has 0 radical (unpaired) electrons. The minimum atomic E-state index is -3.68.